The number of carbonyl (C=O) groups is 1. The van der Waals surface area contributed by atoms with Crippen molar-refractivity contribution in [2.24, 2.45) is 0 Å². The van der Waals surface area contributed by atoms with E-state index < -0.39 is 0 Å². The van der Waals surface area contributed by atoms with Gasteiger partial charge in [0.05, 0.1) is 24.6 Å². The topological polar surface area (TPSA) is 85.9 Å². The van der Waals surface area contributed by atoms with Crippen molar-refractivity contribution in [2.75, 3.05) is 6.54 Å². The summed E-state index contributed by atoms with van der Waals surface area (Å²) in [5.41, 5.74) is 1.51. The summed E-state index contributed by atoms with van der Waals surface area (Å²) in [7, 11) is 0. The summed E-state index contributed by atoms with van der Waals surface area (Å²) in [6.45, 7) is 4.41. The number of hydrogen-bond acceptors (Lipinski definition) is 5. The van der Waals surface area contributed by atoms with E-state index in [1.807, 2.05) is 13.0 Å². The maximum Gasteiger partial charge on any atom is 0.291 e. The van der Waals surface area contributed by atoms with Crippen LogP contribution in [0.25, 0.3) is 16.6 Å². The molecule has 8 nitrogen and oxygen atoms in total. The van der Waals surface area contributed by atoms with Crippen LogP contribution in [0.5, 0.6) is 0 Å². The summed E-state index contributed by atoms with van der Waals surface area (Å²) < 4.78 is 13.6. The van der Waals surface area contributed by atoms with Crippen LogP contribution >= 0.6 is 0 Å². The molecule has 8 heteroatoms. The second-order valence-electron chi connectivity index (χ2n) is 6.03. The monoisotopic (exact) mass is 354 g/mol. The Bertz CT molecular complexity index is 1130. The number of aryl methyl sites for hydroxylation is 1. The summed E-state index contributed by atoms with van der Waals surface area (Å²) in [5, 5.41) is 4.31. The SMILES string of the molecule is CCN(Cc1ccco1)C(=O)Cn1nc(C)n2c(cc3occc32)c1=O. The summed E-state index contributed by atoms with van der Waals surface area (Å²) in [5.74, 6) is 1.11. The van der Waals surface area contributed by atoms with E-state index in [1.165, 1.54) is 4.68 Å². The van der Waals surface area contributed by atoms with Gasteiger partial charge in [-0.25, -0.2) is 4.68 Å². The maximum atomic E-state index is 12.8. The zero-order valence-corrected chi connectivity index (χ0v) is 14.5. The van der Waals surface area contributed by atoms with Crippen molar-refractivity contribution in [3.05, 3.63) is 58.7 Å². The van der Waals surface area contributed by atoms with Crippen LogP contribution in [-0.2, 0) is 17.9 Å². The van der Waals surface area contributed by atoms with Crippen molar-refractivity contribution < 1.29 is 13.6 Å². The van der Waals surface area contributed by atoms with Crippen molar-refractivity contribution in [2.45, 2.75) is 26.9 Å². The predicted octanol–water partition coefficient (Wildman–Crippen LogP) is 2.19. The van der Waals surface area contributed by atoms with Crippen LogP contribution in [0.1, 0.15) is 18.5 Å². The van der Waals surface area contributed by atoms with Gasteiger partial charge >= 0.3 is 0 Å². The third kappa shape index (κ3) is 2.59. The lowest BCUT2D eigenvalue weighted by atomic mass is 10.3. The number of carbonyl (C=O) groups excluding carboxylic acids is 1. The number of fused-ring (bicyclic) bond motifs is 3. The van der Waals surface area contributed by atoms with E-state index in [0.717, 1.165) is 5.52 Å². The molecule has 0 aromatic carbocycles. The van der Waals surface area contributed by atoms with E-state index in [9.17, 15) is 9.59 Å². The molecule has 4 aromatic heterocycles. The molecule has 4 rings (SSSR count). The van der Waals surface area contributed by atoms with Gasteiger partial charge in [-0.05, 0) is 26.0 Å². The van der Waals surface area contributed by atoms with Crippen LogP contribution in [0, 0.1) is 6.92 Å². The van der Waals surface area contributed by atoms with Gasteiger partial charge in [0.2, 0.25) is 5.91 Å². The fraction of sp³-hybridized carbons (Fsp3) is 0.278. The van der Waals surface area contributed by atoms with Crippen molar-refractivity contribution in [1.29, 1.82) is 0 Å². The molecule has 0 aliphatic carbocycles. The van der Waals surface area contributed by atoms with Gasteiger partial charge in [-0.3, -0.25) is 14.0 Å². The Balaban J connectivity index is 1.67. The molecule has 26 heavy (non-hydrogen) atoms. The molecule has 0 N–H and O–H groups in total. The molecule has 0 saturated carbocycles. The molecular weight excluding hydrogens is 336 g/mol. The van der Waals surface area contributed by atoms with Crippen LogP contribution < -0.4 is 5.56 Å². The Kier molecular flexibility index (Phi) is 3.87. The average molecular weight is 354 g/mol. The van der Waals surface area contributed by atoms with Gasteiger partial charge in [0.15, 0.2) is 5.58 Å². The number of likely N-dealkylation sites (N-methyl/N-ethyl adjacent to an activating group) is 1. The second-order valence-corrected chi connectivity index (χ2v) is 6.03. The first-order chi connectivity index (χ1) is 12.6. The molecule has 0 aliphatic heterocycles. The fourth-order valence-electron chi connectivity index (χ4n) is 3.13. The lowest BCUT2D eigenvalue weighted by Crippen LogP contribution is -2.37. The van der Waals surface area contributed by atoms with Gasteiger partial charge in [-0.1, -0.05) is 0 Å². The van der Waals surface area contributed by atoms with E-state index in [0.29, 0.717) is 35.8 Å². The Morgan fingerprint density at radius 2 is 2.08 bits per heavy atom. The number of aromatic nitrogens is 3. The number of amides is 1. The molecular formula is C18H18N4O4. The van der Waals surface area contributed by atoms with Crippen LogP contribution in [-0.4, -0.2) is 31.5 Å². The molecule has 0 atom stereocenters. The van der Waals surface area contributed by atoms with Gasteiger partial charge < -0.3 is 13.7 Å². The third-order valence-corrected chi connectivity index (χ3v) is 4.41. The van der Waals surface area contributed by atoms with E-state index in [1.54, 1.807) is 46.9 Å². The lowest BCUT2D eigenvalue weighted by Gasteiger charge is -2.20. The molecule has 4 heterocycles. The largest absolute Gasteiger partial charge is 0.467 e. The van der Waals surface area contributed by atoms with Crippen molar-refractivity contribution in [1.82, 2.24) is 19.1 Å². The summed E-state index contributed by atoms with van der Waals surface area (Å²) >= 11 is 0. The van der Waals surface area contributed by atoms with Crippen LogP contribution in [0.4, 0.5) is 0 Å². The van der Waals surface area contributed by atoms with Gasteiger partial charge in [-0.2, -0.15) is 5.10 Å². The molecule has 0 radical (unpaired) electrons. The highest BCUT2D eigenvalue weighted by Gasteiger charge is 2.18. The normalized spacial score (nSPS) is 11.5. The smallest absolute Gasteiger partial charge is 0.291 e. The number of nitrogens with zero attached hydrogens (tertiary/aromatic N) is 4. The Morgan fingerprint density at radius 3 is 2.81 bits per heavy atom. The highest BCUT2D eigenvalue weighted by Crippen LogP contribution is 2.20. The summed E-state index contributed by atoms with van der Waals surface area (Å²) in [6.07, 6.45) is 3.14. The first kappa shape index (κ1) is 16.2. The molecule has 1 amide bonds. The highest BCUT2D eigenvalue weighted by molar-refractivity contribution is 5.82. The third-order valence-electron chi connectivity index (χ3n) is 4.41. The molecule has 0 unspecified atom stereocenters. The number of hydrogen-bond donors (Lipinski definition) is 0. The molecule has 0 aliphatic rings. The minimum absolute atomic E-state index is 0.128. The first-order valence-electron chi connectivity index (χ1n) is 8.35. The number of rotatable bonds is 5. The van der Waals surface area contributed by atoms with Gasteiger partial charge in [0.1, 0.15) is 23.6 Å². The molecule has 0 saturated heterocycles. The quantitative estimate of drug-likeness (QED) is 0.548. The zero-order chi connectivity index (χ0) is 18.3. The summed E-state index contributed by atoms with van der Waals surface area (Å²) in [4.78, 5) is 27.0. The van der Waals surface area contributed by atoms with Crippen LogP contribution in [0.2, 0.25) is 0 Å². The minimum atomic E-state index is -0.329. The van der Waals surface area contributed by atoms with Gasteiger partial charge in [-0.15, -0.1) is 0 Å². The Labute approximate surface area is 148 Å². The average Bonchev–Trinajstić information content (AvgIpc) is 3.33. The van der Waals surface area contributed by atoms with Crippen LogP contribution in [0.3, 0.4) is 0 Å². The Morgan fingerprint density at radius 1 is 1.23 bits per heavy atom. The van der Waals surface area contributed by atoms with Crippen LogP contribution in [0.15, 0.2) is 50.4 Å². The van der Waals surface area contributed by atoms with E-state index in [4.69, 9.17) is 8.83 Å². The summed E-state index contributed by atoms with van der Waals surface area (Å²) in [6, 6.07) is 7.05. The minimum Gasteiger partial charge on any atom is -0.467 e. The van der Waals surface area contributed by atoms with E-state index in [2.05, 4.69) is 5.10 Å². The zero-order valence-electron chi connectivity index (χ0n) is 14.5. The molecule has 0 bridgehead atoms. The molecule has 0 fully saturated rings. The first-order valence-corrected chi connectivity index (χ1v) is 8.35. The van der Waals surface area contributed by atoms with E-state index in [-0.39, 0.29) is 18.0 Å². The standard InChI is InChI=1S/C18H18N4O4/c1-3-20(10-13-5-4-7-25-13)17(23)11-21-18(24)15-9-16-14(6-8-26-16)22(15)12(2)19-21/h4-9H,3,10-11H2,1-2H3. The number of furan rings is 2. The molecule has 4 aromatic rings. The van der Waals surface area contributed by atoms with E-state index >= 15 is 0 Å². The Hall–Kier alpha value is -3.29. The fourth-order valence-corrected chi connectivity index (χ4v) is 3.13. The van der Waals surface area contributed by atoms with Gasteiger partial charge in [0, 0.05) is 18.7 Å². The van der Waals surface area contributed by atoms with Crippen molar-refractivity contribution >= 4 is 22.5 Å². The second kappa shape index (κ2) is 6.21. The van der Waals surface area contributed by atoms with Gasteiger partial charge in [0.25, 0.3) is 5.56 Å². The lowest BCUT2D eigenvalue weighted by molar-refractivity contribution is -0.132. The van der Waals surface area contributed by atoms with Crippen molar-refractivity contribution in [3.8, 4) is 0 Å². The predicted molar refractivity (Wildman–Crippen MR) is 93.8 cm³/mol. The highest BCUT2D eigenvalue weighted by atomic mass is 16.3. The van der Waals surface area contributed by atoms with Crippen molar-refractivity contribution in [3.63, 3.8) is 0 Å². The molecule has 0 spiro atoms. The maximum absolute atomic E-state index is 12.8. The molecule has 134 valence electrons.